The lowest BCUT2D eigenvalue weighted by Crippen LogP contribution is -2.27. The summed E-state index contributed by atoms with van der Waals surface area (Å²) >= 11 is 6.29. The summed E-state index contributed by atoms with van der Waals surface area (Å²) in [5.41, 5.74) is 2.13. The smallest absolute Gasteiger partial charge is 0.259 e. The molecule has 0 saturated carbocycles. The van der Waals surface area contributed by atoms with E-state index in [1.165, 1.54) is 4.90 Å². The summed E-state index contributed by atoms with van der Waals surface area (Å²) in [5, 5.41) is 8.52. The summed E-state index contributed by atoms with van der Waals surface area (Å²) in [7, 11) is 3.24. The number of ether oxygens (including phenoxy) is 1. The van der Waals surface area contributed by atoms with Crippen LogP contribution in [-0.4, -0.2) is 40.3 Å². The minimum absolute atomic E-state index is 0.120. The van der Waals surface area contributed by atoms with Crippen LogP contribution in [0.3, 0.4) is 0 Å². The molecule has 31 heavy (non-hydrogen) atoms. The summed E-state index contributed by atoms with van der Waals surface area (Å²) in [6.45, 7) is 1.80. The molecule has 1 amide bonds. The van der Waals surface area contributed by atoms with Crippen LogP contribution in [-0.2, 0) is 6.54 Å². The zero-order valence-electron chi connectivity index (χ0n) is 17.1. The summed E-state index contributed by atoms with van der Waals surface area (Å²) in [6, 6.07) is 14.4. The molecule has 0 atom stereocenters. The van der Waals surface area contributed by atoms with Gasteiger partial charge in [-0.05, 0) is 37.3 Å². The van der Waals surface area contributed by atoms with Crippen LogP contribution in [0.4, 0.5) is 0 Å². The molecular formula is C22H19ClN4O4. The van der Waals surface area contributed by atoms with Crippen LogP contribution in [0.25, 0.3) is 22.6 Å². The number of carbonyl (C=O) groups is 1. The Morgan fingerprint density at radius 2 is 1.84 bits per heavy atom. The van der Waals surface area contributed by atoms with E-state index >= 15 is 0 Å². The fourth-order valence-electron chi connectivity index (χ4n) is 3.10. The molecule has 0 radical (unpaired) electrons. The van der Waals surface area contributed by atoms with Crippen LogP contribution in [0.1, 0.15) is 22.0 Å². The fraction of sp³-hybridized carbons (Fsp3) is 0.182. The Morgan fingerprint density at radius 1 is 1.10 bits per heavy atom. The highest BCUT2D eigenvalue weighted by atomic mass is 35.5. The lowest BCUT2D eigenvalue weighted by molar-refractivity contribution is 0.0768. The van der Waals surface area contributed by atoms with Crippen molar-refractivity contribution in [3.05, 3.63) is 70.8 Å². The maximum Gasteiger partial charge on any atom is 0.259 e. The van der Waals surface area contributed by atoms with Crippen molar-refractivity contribution in [1.29, 1.82) is 0 Å². The summed E-state index contributed by atoms with van der Waals surface area (Å²) in [6.07, 6.45) is 0. The van der Waals surface area contributed by atoms with Crippen molar-refractivity contribution in [2.45, 2.75) is 13.5 Å². The molecule has 0 aliphatic carbocycles. The number of rotatable bonds is 6. The Bertz CT molecular complexity index is 1220. The largest absolute Gasteiger partial charge is 0.497 e. The molecule has 9 heteroatoms. The highest BCUT2D eigenvalue weighted by Gasteiger charge is 2.26. The Morgan fingerprint density at radius 3 is 2.55 bits per heavy atom. The number of halogens is 1. The van der Waals surface area contributed by atoms with Crippen LogP contribution in [0, 0.1) is 6.92 Å². The molecule has 0 aliphatic rings. The molecule has 2 heterocycles. The van der Waals surface area contributed by atoms with Crippen molar-refractivity contribution in [2.24, 2.45) is 0 Å². The van der Waals surface area contributed by atoms with E-state index in [1.807, 2.05) is 36.4 Å². The second-order valence-electron chi connectivity index (χ2n) is 6.84. The minimum Gasteiger partial charge on any atom is -0.497 e. The van der Waals surface area contributed by atoms with Crippen molar-refractivity contribution in [3.8, 4) is 28.4 Å². The molecule has 0 unspecified atom stereocenters. The molecule has 0 saturated heterocycles. The summed E-state index contributed by atoms with van der Waals surface area (Å²) in [4.78, 5) is 19.0. The molecule has 2 aromatic heterocycles. The van der Waals surface area contributed by atoms with E-state index in [0.717, 1.165) is 11.3 Å². The molecule has 0 fully saturated rings. The molecule has 0 bridgehead atoms. The maximum absolute atomic E-state index is 13.2. The quantitative estimate of drug-likeness (QED) is 0.433. The van der Waals surface area contributed by atoms with Crippen LogP contribution < -0.4 is 4.74 Å². The Kier molecular flexibility index (Phi) is 5.73. The van der Waals surface area contributed by atoms with Gasteiger partial charge < -0.3 is 18.7 Å². The van der Waals surface area contributed by atoms with Gasteiger partial charge in [-0.15, -0.1) is 0 Å². The van der Waals surface area contributed by atoms with Crippen molar-refractivity contribution in [1.82, 2.24) is 20.2 Å². The van der Waals surface area contributed by atoms with E-state index in [4.69, 9.17) is 25.4 Å². The van der Waals surface area contributed by atoms with Crippen molar-refractivity contribution in [2.75, 3.05) is 14.2 Å². The molecule has 0 aliphatic heterocycles. The Labute approximate surface area is 183 Å². The van der Waals surface area contributed by atoms with Gasteiger partial charge in [0.2, 0.25) is 11.7 Å². The molecule has 4 rings (SSSR count). The van der Waals surface area contributed by atoms with E-state index in [1.54, 1.807) is 33.2 Å². The van der Waals surface area contributed by atoms with E-state index in [9.17, 15) is 4.79 Å². The van der Waals surface area contributed by atoms with Crippen molar-refractivity contribution >= 4 is 17.5 Å². The van der Waals surface area contributed by atoms with Gasteiger partial charge in [-0.3, -0.25) is 4.79 Å². The van der Waals surface area contributed by atoms with Crippen LogP contribution in [0.5, 0.6) is 5.75 Å². The number of hydrogen-bond donors (Lipinski definition) is 0. The Balaban J connectivity index is 1.54. The Hall–Kier alpha value is -3.65. The van der Waals surface area contributed by atoms with Gasteiger partial charge in [0, 0.05) is 18.2 Å². The van der Waals surface area contributed by atoms with E-state index < -0.39 is 0 Å². The van der Waals surface area contributed by atoms with E-state index in [-0.39, 0.29) is 12.5 Å². The highest BCUT2D eigenvalue weighted by molar-refractivity contribution is 6.33. The van der Waals surface area contributed by atoms with Gasteiger partial charge in [-0.2, -0.15) is 4.98 Å². The number of methoxy groups -OCH3 is 1. The van der Waals surface area contributed by atoms with Gasteiger partial charge in [-0.25, -0.2) is 0 Å². The van der Waals surface area contributed by atoms with Gasteiger partial charge in [0.25, 0.3) is 5.91 Å². The maximum atomic E-state index is 13.2. The third-order valence-electron chi connectivity index (χ3n) is 4.74. The number of carbonyl (C=O) groups excluding carboxylic acids is 1. The first kappa shape index (κ1) is 20.6. The highest BCUT2D eigenvalue weighted by Crippen LogP contribution is 2.31. The lowest BCUT2D eigenvalue weighted by atomic mass is 10.1. The minimum atomic E-state index is -0.294. The van der Waals surface area contributed by atoms with Gasteiger partial charge >= 0.3 is 0 Å². The van der Waals surface area contributed by atoms with Gasteiger partial charge in [-0.1, -0.05) is 40.1 Å². The van der Waals surface area contributed by atoms with Gasteiger partial charge in [0.05, 0.1) is 12.1 Å². The number of hydrogen-bond acceptors (Lipinski definition) is 7. The average molecular weight is 439 g/mol. The zero-order valence-corrected chi connectivity index (χ0v) is 17.9. The number of nitrogens with zero attached hydrogens (tertiary/aromatic N) is 4. The van der Waals surface area contributed by atoms with Crippen LogP contribution in [0.15, 0.2) is 57.6 Å². The van der Waals surface area contributed by atoms with Crippen molar-refractivity contribution in [3.63, 3.8) is 0 Å². The number of aryl methyl sites for hydroxylation is 1. The molecule has 2 aromatic carbocycles. The van der Waals surface area contributed by atoms with Gasteiger partial charge in [0.1, 0.15) is 29.3 Å². The van der Waals surface area contributed by atoms with E-state index in [2.05, 4.69) is 15.3 Å². The second kappa shape index (κ2) is 8.61. The third-order valence-corrected chi connectivity index (χ3v) is 5.07. The fourth-order valence-corrected chi connectivity index (χ4v) is 3.33. The lowest BCUT2D eigenvalue weighted by Gasteiger charge is -2.15. The molecule has 0 N–H and O–H groups in total. The number of aromatic nitrogens is 3. The van der Waals surface area contributed by atoms with Crippen molar-refractivity contribution < 1.29 is 18.6 Å². The molecule has 158 valence electrons. The third kappa shape index (κ3) is 4.15. The van der Waals surface area contributed by atoms with Gasteiger partial charge in [0.15, 0.2) is 0 Å². The number of benzene rings is 2. The summed E-state index contributed by atoms with van der Waals surface area (Å²) in [5.74, 6) is 1.57. The standard InChI is InChI=1S/C22H19ClN4O4/c1-13-19(20(25-30-13)16-6-4-5-7-17(16)23)22(28)27(2)12-18-24-21(26-31-18)14-8-10-15(29-3)11-9-14/h4-11H,12H2,1-3H3. The zero-order chi connectivity index (χ0) is 22.0. The SMILES string of the molecule is COc1ccc(-c2noc(CN(C)C(=O)c3c(-c4ccccc4Cl)noc3C)n2)cc1. The second-order valence-corrected chi connectivity index (χ2v) is 7.25. The predicted molar refractivity (Wildman–Crippen MR) is 114 cm³/mol. The molecule has 4 aromatic rings. The van der Waals surface area contributed by atoms with Crippen LogP contribution in [0.2, 0.25) is 5.02 Å². The molecule has 0 spiro atoms. The summed E-state index contributed by atoms with van der Waals surface area (Å²) < 4.78 is 15.8. The molecule has 8 nitrogen and oxygen atoms in total. The first-order chi connectivity index (χ1) is 15.0. The van der Waals surface area contributed by atoms with E-state index in [0.29, 0.717) is 39.3 Å². The first-order valence-corrected chi connectivity index (χ1v) is 9.79. The average Bonchev–Trinajstić information content (AvgIpc) is 3.40. The first-order valence-electron chi connectivity index (χ1n) is 9.41. The van der Waals surface area contributed by atoms with Crippen LogP contribution >= 0.6 is 11.6 Å². The predicted octanol–water partition coefficient (Wildman–Crippen LogP) is 4.63. The number of amides is 1. The monoisotopic (exact) mass is 438 g/mol. The topological polar surface area (TPSA) is 94.5 Å². The normalized spacial score (nSPS) is 10.8. The molecular weight excluding hydrogens is 420 g/mol.